The Bertz CT molecular complexity index is 911. The molecule has 0 aromatic rings. The minimum absolute atomic E-state index is 0.106. The van der Waals surface area contributed by atoms with Gasteiger partial charge in [-0.05, 0) is 13.8 Å². The van der Waals surface area contributed by atoms with E-state index in [0.717, 1.165) is 18.2 Å². The van der Waals surface area contributed by atoms with Crippen LogP contribution in [0.15, 0.2) is 11.8 Å². The lowest BCUT2D eigenvalue weighted by Crippen LogP contribution is -2.48. The molecule has 0 saturated carbocycles. The summed E-state index contributed by atoms with van der Waals surface area (Å²) in [6.45, 7) is 1.82. The molecule has 14 nitrogen and oxygen atoms in total. The fourth-order valence-electron chi connectivity index (χ4n) is 3.18. The number of hydrogen-bond acceptors (Lipinski definition) is 14. The molecule has 1 saturated heterocycles. The molecule has 1 aliphatic heterocycles. The summed E-state index contributed by atoms with van der Waals surface area (Å²) in [5.74, 6) is -2.23. The zero-order chi connectivity index (χ0) is 25.6. The van der Waals surface area contributed by atoms with E-state index in [-0.39, 0.29) is 13.2 Å². The highest BCUT2D eigenvalue weighted by Crippen LogP contribution is 2.35. The number of carbonyl (C=O) groups is 2. The van der Waals surface area contributed by atoms with E-state index in [9.17, 15) is 36.6 Å². The van der Waals surface area contributed by atoms with Crippen molar-refractivity contribution in [3.63, 3.8) is 0 Å². The van der Waals surface area contributed by atoms with E-state index < -0.39 is 74.9 Å². The molecule has 16 heteroatoms. The molecule has 1 fully saturated rings. The number of nitrogens with zero attached hydrogens (tertiary/aromatic N) is 1. The standard InChI is InChI=1S/C17H29NO13S2/c1-6-28-16(21)10(17(22)29-7-2)8-18-12(11(20)9-19)13(30-32(4,23)24)14(15(18)27-3)31-33(5,25)26/h8,11-15,19-20H,6-7,9H2,1-5H3/t11-,12+,13+,14-,15+/m1/s1. The highest BCUT2D eigenvalue weighted by Gasteiger charge is 2.55. The summed E-state index contributed by atoms with van der Waals surface area (Å²) in [6.07, 6.45) is -4.50. The van der Waals surface area contributed by atoms with Gasteiger partial charge in [-0.2, -0.15) is 16.8 Å². The lowest BCUT2D eigenvalue weighted by molar-refractivity contribution is -0.147. The molecular weight excluding hydrogens is 490 g/mol. The fourth-order valence-corrected chi connectivity index (χ4v) is 4.41. The van der Waals surface area contributed by atoms with Crippen LogP contribution in [0.3, 0.4) is 0 Å². The lowest BCUT2D eigenvalue weighted by atomic mass is 10.1. The van der Waals surface area contributed by atoms with E-state index >= 15 is 0 Å². The first-order valence-electron chi connectivity index (χ1n) is 9.62. The van der Waals surface area contributed by atoms with Gasteiger partial charge in [0.2, 0.25) is 0 Å². The van der Waals surface area contributed by atoms with Crippen molar-refractivity contribution >= 4 is 32.2 Å². The van der Waals surface area contributed by atoms with Crippen molar-refractivity contribution in [1.29, 1.82) is 0 Å². The van der Waals surface area contributed by atoms with Gasteiger partial charge in [-0.25, -0.2) is 9.59 Å². The number of aliphatic hydroxyl groups excluding tert-OH is 2. The van der Waals surface area contributed by atoms with Crippen molar-refractivity contribution in [3.05, 3.63) is 11.8 Å². The Morgan fingerprint density at radius 3 is 1.79 bits per heavy atom. The fraction of sp³-hybridized carbons (Fsp3) is 0.765. The normalized spacial score (nSPS) is 24.3. The van der Waals surface area contributed by atoms with E-state index in [0.29, 0.717) is 12.5 Å². The van der Waals surface area contributed by atoms with Crippen LogP contribution in [0.25, 0.3) is 0 Å². The van der Waals surface area contributed by atoms with Gasteiger partial charge in [0.25, 0.3) is 20.2 Å². The molecule has 0 unspecified atom stereocenters. The van der Waals surface area contributed by atoms with Gasteiger partial charge >= 0.3 is 11.9 Å². The SMILES string of the molecule is CCOC(=O)C(=CN1[C@@H]([C@H](O)CO)[C@H](OS(C)(=O)=O)[C@@H](OS(C)(=O)=O)[C@@H]1OC)C(=O)OCC. The minimum Gasteiger partial charge on any atom is -0.462 e. The maximum atomic E-state index is 12.4. The summed E-state index contributed by atoms with van der Waals surface area (Å²) in [5, 5.41) is 20.0. The molecule has 0 radical (unpaired) electrons. The molecule has 0 aliphatic carbocycles. The molecule has 0 amide bonds. The Morgan fingerprint density at radius 2 is 1.42 bits per heavy atom. The second-order valence-corrected chi connectivity index (χ2v) is 10.0. The molecule has 1 heterocycles. The number of esters is 2. The average Bonchev–Trinajstić information content (AvgIpc) is 2.94. The first-order chi connectivity index (χ1) is 15.2. The van der Waals surface area contributed by atoms with Crippen molar-refractivity contribution in [2.75, 3.05) is 39.4 Å². The Labute approximate surface area is 192 Å². The maximum Gasteiger partial charge on any atom is 0.347 e. The number of rotatable bonds is 12. The van der Waals surface area contributed by atoms with Crippen molar-refractivity contribution in [3.8, 4) is 0 Å². The Kier molecular flexibility index (Phi) is 10.7. The van der Waals surface area contributed by atoms with Gasteiger partial charge in [0.15, 0.2) is 17.9 Å². The number of likely N-dealkylation sites (tertiary alicyclic amines) is 1. The van der Waals surface area contributed by atoms with Crippen LogP contribution in [0.4, 0.5) is 0 Å². The number of ether oxygens (including phenoxy) is 3. The minimum atomic E-state index is -4.26. The third kappa shape index (κ3) is 8.16. The molecular formula is C17H29NO13S2. The molecule has 0 aromatic heterocycles. The Hall–Kier alpha value is -1.82. The lowest BCUT2D eigenvalue weighted by Gasteiger charge is -2.31. The van der Waals surface area contributed by atoms with E-state index in [4.69, 9.17) is 22.6 Å². The molecule has 0 aromatic carbocycles. The molecule has 0 bridgehead atoms. The predicted molar refractivity (Wildman–Crippen MR) is 110 cm³/mol. The molecule has 0 spiro atoms. The van der Waals surface area contributed by atoms with Crippen LogP contribution < -0.4 is 0 Å². The number of aliphatic hydroxyl groups is 2. The first kappa shape index (κ1) is 29.2. The highest BCUT2D eigenvalue weighted by molar-refractivity contribution is 7.86. The summed E-state index contributed by atoms with van der Waals surface area (Å²) in [4.78, 5) is 25.7. The van der Waals surface area contributed by atoms with Gasteiger partial charge in [-0.15, -0.1) is 0 Å². The maximum absolute atomic E-state index is 12.4. The van der Waals surface area contributed by atoms with Gasteiger partial charge in [0.05, 0.1) is 38.4 Å². The quantitative estimate of drug-likeness (QED) is 0.0919. The van der Waals surface area contributed by atoms with Crippen LogP contribution in [-0.4, -0.2) is 114 Å². The van der Waals surface area contributed by atoms with Crippen molar-refractivity contribution in [2.24, 2.45) is 0 Å². The Balaban J connectivity index is 3.76. The zero-order valence-electron chi connectivity index (χ0n) is 18.7. The van der Waals surface area contributed by atoms with E-state index in [2.05, 4.69) is 0 Å². The number of carbonyl (C=O) groups excluding carboxylic acids is 2. The van der Waals surface area contributed by atoms with Crippen LogP contribution in [0.5, 0.6) is 0 Å². The molecule has 1 aliphatic rings. The van der Waals surface area contributed by atoms with Crippen LogP contribution >= 0.6 is 0 Å². The van der Waals surface area contributed by atoms with Gasteiger partial charge in [-0.1, -0.05) is 0 Å². The van der Waals surface area contributed by atoms with Gasteiger partial charge in [0, 0.05) is 13.3 Å². The third-order valence-electron chi connectivity index (χ3n) is 4.24. The molecule has 2 N–H and O–H groups in total. The van der Waals surface area contributed by atoms with E-state index in [1.807, 2.05) is 0 Å². The largest absolute Gasteiger partial charge is 0.462 e. The summed E-state index contributed by atoms with van der Waals surface area (Å²) in [5.41, 5.74) is -0.672. The van der Waals surface area contributed by atoms with Crippen molar-refractivity contribution in [2.45, 2.75) is 44.4 Å². The van der Waals surface area contributed by atoms with Gasteiger partial charge in [0.1, 0.15) is 12.2 Å². The van der Waals surface area contributed by atoms with E-state index in [1.54, 1.807) is 0 Å². The summed E-state index contributed by atoms with van der Waals surface area (Å²) < 4.78 is 72.3. The summed E-state index contributed by atoms with van der Waals surface area (Å²) in [6, 6.07) is -1.56. The number of hydrogen-bond donors (Lipinski definition) is 2. The predicted octanol–water partition coefficient (Wildman–Crippen LogP) is -2.30. The van der Waals surface area contributed by atoms with Crippen molar-refractivity contribution in [1.82, 2.24) is 4.90 Å². The van der Waals surface area contributed by atoms with Crippen LogP contribution in [0.1, 0.15) is 13.8 Å². The van der Waals surface area contributed by atoms with Crippen LogP contribution in [0, 0.1) is 0 Å². The second-order valence-electron chi connectivity index (χ2n) is 6.83. The number of methoxy groups -OCH3 is 1. The first-order valence-corrected chi connectivity index (χ1v) is 13.3. The van der Waals surface area contributed by atoms with Gasteiger partial charge in [-0.3, -0.25) is 8.37 Å². The molecule has 5 atom stereocenters. The van der Waals surface area contributed by atoms with E-state index in [1.165, 1.54) is 13.8 Å². The monoisotopic (exact) mass is 519 g/mol. The average molecular weight is 520 g/mol. The zero-order valence-corrected chi connectivity index (χ0v) is 20.4. The third-order valence-corrected chi connectivity index (χ3v) is 5.39. The Morgan fingerprint density at radius 1 is 0.970 bits per heavy atom. The van der Waals surface area contributed by atoms with Crippen LogP contribution in [-0.2, 0) is 52.4 Å². The summed E-state index contributed by atoms with van der Waals surface area (Å²) in [7, 11) is -7.38. The molecule has 192 valence electrons. The summed E-state index contributed by atoms with van der Waals surface area (Å²) >= 11 is 0. The van der Waals surface area contributed by atoms with Gasteiger partial charge < -0.3 is 29.3 Å². The topological polar surface area (TPSA) is 192 Å². The second kappa shape index (κ2) is 12.0. The van der Waals surface area contributed by atoms with Crippen LogP contribution in [0.2, 0.25) is 0 Å². The molecule has 33 heavy (non-hydrogen) atoms. The smallest absolute Gasteiger partial charge is 0.347 e. The van der Waals surface area contributed by atoms with Crippen molar-refractivity contribution < 1.29 is 59.2 Å². The highest BCUT2D eigenvalue weighted by atomic mass is 32.2. The molecule has 1 rings (SSSR count).